The number of hydrogen-bond acceptors (Lipinski definition) is 5. The van der Waals surface area contributed by atoms with Crippen molar-refractivity contribution in [2.24, 2.45) is 5.16 Å². The lowest BCUT2D eigenvalue weighted by Gasteiger charge is -2.24. The van der Waals surface area contributed by atoms with Crippen LogP contribution in [-0.4, -0.2) is 33.9 Å². The number of benzene rings is 2. The van der Waals surface area contributed by atoms with Gasteiger partial charge in [0.05, 0.1) is 5.71 Å². The Hall–Kier alpha value is -2.47. The maximum absolute atomic E-state index is 11.3. The Morgan fingerprint density at radius 2 is 1.71 bits per heavy atom. The molecule has 0 aliphatic rings. The molecule has 2 aromatic rings. The van der Waals surface area contributed by atoms with Crippen LogP contribution in [0.4, 0.5) is 0 Å². The maximum Gasteiger partial charge on any atom is 0.347 e. The molecule has 6 heteroatoms. The van der Waals surface area contributed by atoms with E-state index in [0.717, 1.165) is 27.1 Å². The van der Waals surface area contributed by atoms with Crippen LogP contribution < -0.4 is 4.74 Å². The largest absolute Gasteiger partial charge is 0.478 e. The van der Waals surface area contributed by atoms with E-state index in [1.165, 1.54) is 13.8 Å². The van der Waals surface area contributed by atoms with Gasteiger partial charge in [-0.15, -0.1) is 11.8 Å². The van der Waals surface area contributed by atoms with Crippen LogP contribution in [-0.2, 0) is 11.2 Å². The zero-order valence-electron chi connectivity index (χ0n) is 16.9. The highest BCUT2D eigenvalue weighted by Crippen LogP contribution is 2.29. The highest BCUT2D eigenvalue weighted by atomic mass is 32.2. The minimum atomic E-state index is -1.29. The standard InChI is InChI=1S/C22H27NO4S/c1-14-12-16(13-15(2)20(14)27-22(3,4)21(24)25)6-11-19(23-26)17-7-9-18(28-5)10-8-17/h7-10,12-13,26H,6,11H2,1-5H3,(H,24,25)/b23-19+. The highest BCUT2D eigenvalue weighted by molar-refractivity contribution is 7.98. The molecule has 0 radical (unpaired) electrons. The minimum absolute atomic E-state index is 0.592. The molecule has 0 spiro atoms. The molecule has 0 fully saturated rings. The van der Waals surface area contributed by atoms with Crippen molar-refractivity contribution in [3.05, 3.63) is 58.7 Å². The maximum atomic E-state index is 11.3. The van der Waals surface area contributed by atoms with Crippen molar-refractivity contribution in [1.82, 2.24) is 0 Å². The van der Waals surface area contributed by atoms with E-state index in [1.54, 1.807) is 11.8 Å². The second-order valence-corrected chi connectivity index (χ2v) is 8.13. The molecule has 0 atom stereocenters. The molecular weight excluding hydrogens is 374 g/mol. The molecule has 0 aliphatic carbocycles. The van der Waals surface area contributed by atoms with Crippen LogP contribution in [0.25, 0.3) is 0 Å². The summed E-state index contributed by atoms with van der Waals surface area (Å²) >= 11 is 1.67. The second kappa shape index (κ2) is 9.15. The van der Waals surface area contributed by atoms with Crippen molar-refractivity contribution in [3.8, 4) is 5.75 Å². The smallest absolute Gasteiger partial charge is 0.347 e. The van der Waals surface area contributed by atoms with Crippen LogP contribution in [0.5, 0.6) is 5.75 Å². The third-order valence-corrected chi connectivity index (χ3v) is 5.33. The summed E-state index contributed by atoms with van der Waals surface area (Å²) in [6.45, 7) is 6.89. The van der Waals surface area contributed by atoms with E-state index >= 15 is 0 Å². The van der Waals surface area contributed by atoms with Crippen LogP contribution in [0, 0.1) is 13.8 Å². The number of aliphatic carboxylic acids is 1. The first kappa shape index (κ1) is 21.8. The van der Waals surface area contributed by atoms with E-state index in [9.17, 15) is 15.1 Å². The number of oxime groups is 1. The van der Waals surface area contributed by atoms with Crippen LogP contribution in [0.15, 0.2) is 46.4 Å². The second-order valence-electron chi connectivity index (χ2n) is 7.25. The van der Waals surface area contributed by atoms with Gasteiger partial charge in [-0.1, -0.05) is 29.4 Å². The van der Waals surface area contributed by atoms with E-state index in [-0.39, 0.29) is 0 Å². The number of carbonyl (C=O) groups is 1. The van der Waals surface area contributed by atoms with Gasteiger partial charge in [0.15, 0.2) is 5.60 Å². The lowest BCUT2D eigenvalue weighted by molar-refractivity contribution is -0.152. The molecule has 0 bridgehead atoms. The average Bonchev–Trinajstić information content (AvgIpc) is 2.65. The topological polar surface area (TPSA) is 79.1 Å². The van der Waals surface area contributed by atoms with Crippen molar-refractivity contribution < 1.29 is 19.8 Å². The van der Waals surface area contributed by atoms with Crippen LogP contribution in [0.2, 0.25) is 0 Å². The fraction of sp³-hybridized carbons (Fsp3) is 0.364. The number of carboxylic acids is 1. The van der Waals surface area contributed by atoms with Gasteiger partial charge in [0, 0.05) is 4.90 Å². The summed E-state index contributed by atoms with van der Waals surface area (Å²) in [5, 5.41) is 22.2. The monoisotopic (exact) mass is 401 g/mol. The lowest BCUT2D eigenvalue weighted by atomic mass is 9.98. The summed E-state index contributed by atoms with van der Waals surface area (Å²) in [6, 6.07) is 11.9. The molecule has 0 aliphatic heterocycles. The van der Waals surface area contributed by atoms with Crippen LogP contribution >= 0.6 is 11.8 Å². The predicted molar refractivity (Wildman–Crippen MR) is 113 cm³/mol. The number of thioether (sulfide) groups is 1. The molecule has 0 aromatic heterocycles. The Morgan fingerprint density at radius 3 is 2.18 bits per heavy atom. The zero-order chi connectivity index (χ0) is 20.9. The fourth-order valence-electron chi connectivity index (χ4n) is 2.94. The first-order valence-electron chi connectivity index (χ1n) is 9.06. The van der Waals surface area contributed by atoms with E-state index in [4.69, 9.17) is 4.74 Å². The molecule has 0 saturated carbocycles. The van der Waals surface area contributed by atoms with E-state index in [2.05, 4.69) is 5.16 Å². The Morgan fingerprint density at radius 1 is 1.14 bits per heavy atom. The van der Waals surface area contributed by atoms with E-state index in [0.29, 0.717) is 24.3 Å². The van der Waals surface area contributed by atoms with Crippen molar-refractivity contribution in [2.45, 2.75) is 51.0 Å². The molecule has 0 saturated heterocycles. The molecule has 28 heavy (non-hydrogen) atoms. The van der Waals surface area contributed by atoms with Gasteiger partial charge in [-0.2, -0.15) is 0 Å². The van der Waals surface area contributed by atoms with E-state index < -0.39 is 11.6 Å². The van der Waals surface area contributed by atoms with Crippen molar-refractivity contribution in [1.29, 1.82) is 0 Å². The number of hydrogen-bond donors (Lipinski definition) is 2. The van der Waals surface area contributed by atoms with Gasteiger partial charge >= 0.3 is 5.97 Å². The van der Waals surface area contributed by atoms with Crippen molar-refractivity contribution in [2.75, 3.05) is 6.26 Å². The Kier molecular flexibility index (Phi) is 7.13. The van der Waals surface area contributed by atoms with Crippen molar-refractivity contribution in [3.63, 3.8) is 0 Å². The number of ether oxygens (including phenoxy) is 1. The fourth-order valence-corrected chi connectivity index (χ4v) is 3.35. The summed E-state index contributed by atoms with van der Waals surface area (Å²) in [5.41, 5.74) is 3.09. The van der Waals surface area contributed by atoms with Gasteiger partial charge in [-0.3, -0.25) is 0 Å². The molecular formula is C22H27NO4S. The molecule has 0 amide bonds. The average molecular weight is 402 g/mol. The molecule has 0 heterocycles. The molecule has 0 unspecified atom stereocenters. The van der Waals surface area contributed by atoms with Gasteiger partial charge in [0.25, 0.3) is 0 Å². The quantitative estimate of drug-likeness (QED) is 0.279. The molecule has 2 rings (SSSR count). The predicted octanol–water partition coefficient (Wildman–Crippen LogP) is 5.08. The third-order valence-electron chi connectivity index (χ3n) is 4.59. The summed E-state index contributed by atoms with van der Waals surface area (Å²) in [6.07, 6.45) is 3.31. The summed E-state index contributed by atoms with van der Waals surface area (Å²) in [7, 11) is 0. The van der Waals surface area contributed by atoms with Crippen molar-refractivity contribution >= 4 is 23.4 Å². The molecule has 2 N–H and O–H groups in total. The number of carboxylic acid groups (broad SMARTS) is 1. The third kappa shape index (κ3) is 5.29. The van der Waals surface area contributed by atoms with Gasteiger partial charge in [-0.25, -0.2) is 4.79 Å². The Balaban J connectivity index is 2.14. The first-order valence-corrected chi connectivity index (χ1v) is 10.3. The highest BCUT2D eigenvalue weighted by Gasteiger charge is 2.30. The van der Waals surface area contributed by atoms with Crippen LogP contribution in [0.3, 0.4) is 0 Å². The summed E-state index contributed by atoms with van der Waals surface area (Å²) in [4.78, 5) is 12.5. The van der Waals surface area contributed by atoms with Gasteiger partial charge in [0.2, 0.25) is 0 Å². The molecule has 2 aromatic carbocycles. The Labute approximate surface area is 170 Å². The SMILES string of the molecule is CSc1ccc(/C(CCc2cc(C)c(OC(C)(C)C(=O)O)c(C)c2)=N/O)cc1. The molecule has 5 nitrogen and oxygen atoms in total. The summed E-state index contributed by atoms with van der Waals surface area (Å²) < 4.78 is 5.75. The normalized spacial score (nSPS) is 12.1. The zero-order valence-corrected chi connectivity index (χ0v) is 17.8. The number of aryl methyl sites for hydroxylation is 3. The number of nitrogens with zero attached hydrogens (tertiary/aromatic N) is 1. The minimum Gasteiger partial charge on any atom is -0.478 e. The van der Waals surface area contributed by atoms with Gasteiger partial charge in [0.1, 0.15) is 5.75 Å². The summed E-state index contributed by atoms with van der Waals surface area (Å²) in [5.74, 6) is -0.411. The van der Waals surface area contributed by atoms with Gasteiger partial charge < -0.3 is 15.1 Å². The first-order chi connectivity index (χ1) is 13.2. The Bertz CT molecular complexity index is 850. The lowest BCUT2D eigenvalue weighted by Crippen LogP contribution is -2.38. The molecule has 150 valence electrons. The van der Waals surface area contributed by atoms with Crippen LogP contribution in [0.1, 0.15) is 42.5 Å². The number of rotatable bonds is 8. The van der Waals surface area contributed by atoms with E-state index in [1.807, 2.05) is 56.5 Å². The van der Waals surface area contributed by atoms with Gasteiger partial charge in [-0.05, 0) is 81.2 Å².